The smallest absolute Gasteiger partial charge is 0.265 e. The number of halogens is 3. The van der Waals surface area contributed by atoms with Gasteiger partial charge in [0.25, 0.3) is 5.91 Å². The van der Waals surface area contributed by atoms with Gasteiger partial charge in [-0.3, -0.25) is 4.79 Å². The summed E-state index contributed by atoms with van der Waals surface area (Å²) in [5.41, 5.74) is -0.492. The van der Waals surface area contributed by atoms with Gasteiger partial charge in [0, 0.05) is 5.02 Å². The summed E-state index contributed by atoms with van der Waals surface area (Å²) in [6.45, 7) is 1.47. The number of hydrogen-bond donors (Lipinski definition) is 1. The topological polar surface area (TPSA) is 38.3 Å². The average Bonchev–Trinajstić information content (AvgIpc) is 2.45. The van der Waals surface area contributed by atoms with Crippen LogP contribution in [-0.4, -0.2) is 12.0 Å². The molecule has 1 atom stereocenters. The molecule has 0 aliphatic carbocycles. The van der Waals surface area contributed by atoms with Gasteiger partial charge in [0.15, 0.2) is 6.10 Å². The molecule has 0 bridgehead atoms. The monoisotopic (exact) mass is 311 g/mol. The van der Waals surface area contributed by atoms with Crippen molar-refractivity contribution in [3.63, 3.8) is 0 Å². The van der Waals surface area contributed by atoms with Gasteiger partial charge in [-0.25, -0.2) is 8.78 Å². The number of carbonyl (C=O) groups is 1. The zero-order valence-corrected chi connectivity index (χ0v) is 11.8. The van der Waals surface area contributed by atoms with Crippen LogP contribution < -0.4 is 10.1 Å². The highest BCUT2D eigenvalue weighted by atomic mass is 35.5. The van der Waals surface area contributed by atoms with Gasteiger partial charge in [-0.2, -0.15) is 0 Å². The van der Waals surface area contributed by atoms with Gasteiger partial charge in [-0.15, -0.1) is 0 Å². The van der Waals surface area contributed by atoms with Crippen LogP contribution in [0.5, 0.6) is 5.75 Å². The van der Waals surface area contributed by atoms with Crippen molar-refractivity contribution < 1.29 is 18.3 Å². The molecule has 3 nitrogen and oxygen atoms in total. The Bertz CT molecular complexity index is 626. The first-order valence-electron chi connectivity index (χ1n) is 6.14. The molecule has 0 saturated heterocycles. The molecule has 0 radical (unpaired) electrons. The molecule has 0 aliphatic heterocycles. The predicted molar refractivity (Wildman–Crippen MR) is 76.5 cm³/mol. The minimum atomic E-state index is -0.926. The SMILES string of the molecule is C[C@@H](Oc1ccc(Cl)cc1)C(=O)Nc1c(F)cccc1F. The molecule has 110 valence electrons. The van der Waals surface area contributed by atoms with Gasteiger partial charge in [-0.05, 0) is 43.3 Å². The van der Waals surface area contributed by atoms with Crippen molar-refractivity contribution >= 4 is 23.2 Å². The summed E-state index contributed by atoms with van der Waals surface area (Å²) in [4.78, 5) is 11.9. The van der Waals surface area contributed by atoms with Gasteiger partial charge >= 0.3 is 0 Å². The van der Waals surface area contributed by atoms with Crippen LogP contribution in [0.4, 0.5) is 14.5 Å². The lowest BCUT2D eigenvalue weighted by Gasteiger charge is -2.15. The lowest BCUT2D eigenvalue weighted by molar-refractivity contribution is -0.122. The fourth-order valence-electron chi connectivity index (χ4n) is 1.61. The molecule has 21 heavy (non-hydrogen) atoms. The molecule has 1 amide bonds. The molecule has 0 saturated carbocycles. The first-order valence-corrected chi connectivity index (χ1v) is 6.52. The number of carbonyl (C=O) groups excluding carboxylic acids is 1. The number of rotatable bonds is 4. The minimum Gasteiger partial charge on any atom is -0.481 e. The van der Waals surface area contributed by atoms with Crippen LogP contribution in [0.1, 0.15) is 6.92 Å². The Morgan fingerprint density at radius 2 is 1.71 bits per heavy atom. The summed E-state index contributed by atoms with van der Waals surface area (Å²) in [5.74, 6) is -1.92. The third-order valence-corrected chi connectivity index (χ3v) is 2.96. The highest BCUT2D eigenvalue weighted by molar-refractivity contribution is 6.30. The maximum Gasteiger partial charge on any atom is 0.265 e. The Kier molecular flexibility index (Phi) is 4.75. The Morgan fingerprint density at radius 1 is 1.14 bits per heavy atom. The number of hydrogen-bond acceptors (Lipinski definition) is 2. The van der Waals surface area contributed by atoms with E-state index >= 15 is 0 Å². The summed E-state index contributed by atoms with van der Waals surface area (Å²) in [6.07, 6.45) is -0.926. The molecule has 2 aromatic rings. The van der Waals surface area contributed by atoms with E-state index in [-0.39, 0.29) is 0 Å². The van der Waals surface area contributed by atoms with Crippen molar-refractivity contribution in [2.75, 3.05) is 5.32 Å². The Hall–Kier alpha value is -2.14. The van der Waals surface area contributed by atoms with Crippen molar-refractivity contribution in [1.82, 2.24) is 0 Å². The molecule has 0 fully saturated rings. The predicted octanol–water partition coefficient (Wildman–Crippen LogP) is 4.02. The molecule has 6 heteroatoms. The minimum absolute atomic E-state index is 0.427. The Balaban J connectivity index is 2.04. The molecule has 2 aromatic carbocycles. The van der Waals surface area contributed by atoms with E-state index in [2.05, 4.69) is 5.32 Å². The second kappa shape index (κ2) is 6.54. The lowest BCUT2D eigenvalue weighted by atomic mass is 10.2. The second-order valence-electron chi connectivity index (χ2n) is 4.30. The Morgan fingerprint density at radius 3 is 2.29 bits per heavy atom. The second-order valence-corrected chi connectivity index (χ2v) is 4.74. The number of nitrogens with one attached hydrogen (secondary N) is 1. The van der Waals surface area contributed by atoms with Crippen LogP contribution >= 0.6 is 11.6 Å². The molecule has 0 heterocycles. The van der Waals surface area contributed by atoms with E-state index in [0.717, 1.165) is 12.1 Å². The summed E-state index contributed by atoms with van der Waals surface area (Å²) in [7, 11) is 0. The standard InChI is InChI=1S/C15H12ClF2NO2/c1-9(21-11-7-5-10(16)6-8-11)15(20)19-14-12(17)3-2-4-13(14)18/h2-9H,1H3,(H,19,20)/t9-/m1/s1. The molecule has 1 N–H and O–H groups in total. The zero-order chi connectivity index (χ0) is 15.4. The average molecular weight is 312 g/mol. The first kappa shape index (κ1) is 15.3. The van der Waals surface area contributed by atoms with Gasteiger partial charge in [0.1, 0.15) is 23.1 Å². The van der Waals surface area contributed by atoms with Crippen LogP contribution in [0.3, 0.4) is 0 Å². The van der Waals surface area contributed by atoms with E-state index < -0.39 is 29.3 Å². The van der Waals surface area contributed by atoms with Crippen LogP contribution in [-0.2, 0) is 4.79 Å². The van der Waals surface area contributed by atoms with Gasteiger partial charge in [0.05, 0.1) is 0 Å². The number of anilines is 1. The lowest BCUT2D eigenvalue weighted by Crippen LogP contribution is -2.30. The van der Waals surface area contributed by atoms with Crippen molar-refractivity contribution in [3.8, 4) is 5.75 Å². The van der Waals surface area contributed by atoms with Crippen molar-refractivity contribution in [2.45, 2.75) is 13.0 Å². The van der Waals surface area contributed by atoms with Gasteiger partial charge in [0.2, 0.25) is 0 Å². The zero-order valence-electron chi connectivity index (χ0n) is 11.1. The number of para-hydroxylation sites is 1. The van der Waals surface area contributed by atoms with E-state index in [1.165, 1.54) is 13.0 Å². The van der Waals surface area contributed by atoms with E-state index in [1.54, 1.807) is 24.3 Å². The third-order valence-electron chi connectivity index (χ3n) is 2.71. The van der Waals surface area contributed by atoms with Crippen LogP contribution in [0.15, 0.2) is 42.5 Å². The number of amides is 1. The van der Waals surface area contributed by atoms with Gasteiger partial charge in [-0.1, -0.05) is 17.7 Å². The van der Waals surface area contributed by atoms with Crippen molar-refractivity contribution in [2.24, 2.45) is 0 Å². The van der Waals surface area contributed by atoms with Crippen molar-refractivity contribution in [3.05, 3.63) is 59.1 Å². The number of ether oxygens (including phenoxy) is 1. The Labute approximate surface area is 125 Å². The summed E-state index contributed by atoms with van der Waals surface area (Å²) < 4.78 is 32.2. The van der Waals surface area contributed by atoms with Crippen LogP contribution in [0.25, 0.3) is 0 Å². The molecular weight excluding hydrogens is 300 g/mol. The summed E-state index contributed by atoms with van der Waals surface area (Å²) >= 11 is 5.73. The molecule has 0 aromatic heterocycles. The van der Waals surface area contributed by atoms with Gasteiger partial charge < -0.3 is 10.1 Å². The highest BCUT2D eigenvalue weighted by Gasteiger charge is 2.18. The fraction of sp³-hybridized carbons (Fsp3) is 0.133. The normalized spacial score (nSPS) is 11.8. The quantitative estimate of drug-likeness (QED) is 0.926. The molecule has 0 spiro atoms. The molecule has 0 aliphatic rings. The summed E-state index contributed by atoms with van der Waals surface area (Å²) in [5, 5.41) is 2.70. The maximum absolute atomic E-state index is 13.4. The van der Waals surface area contributed by atoms with E-state index in [4.69, 9.17) is 16.3 Å². The van der Waals surface area contributed by atoms with Crippen molar-refractivity contribution in [1.29, 1.82) is 0 Å². The highest BCUT2D eigenvalue weighted by Crippen LogP contribution is 2.20. The van der Waals surface area contributed by atoms with E-state index in [0.29, 0.717) is 10.8 Å². The van der Waals surface area contributed by atoms with E-state index in [9.17, 15) is 13.6 Å². The fourth-order valence-corrected chi connectivity index (χ4v) is 1.74. The molecular formula is C15H12ClF2NO2. The molecule has 2 rings (SSSR count). The third kappa shape index (κ3) is 3.92. The number of benzene rings is 2. The molecule has 0 unspecified atom stereocenters. The van der Waals surface area contributed by atoms with Crippen LogP contribution in [0, 0.1) is 11.6 Å². The summed E-state index contributed by atoms with van der Waals surface area (Å²) in [6, 6.07) is 9.74. The first-order chi connectivity index (χ1) is 9.97. The maximum atomic E-state index is 13.4. The van der Waals surface area contributed by atoms with Crippen LogP contribution in [0.2, 0.25) is 5.02 Å². The van der Waals surface area contributed by atoms with E-state index in [1.807, 2.05) is 0 Å². The largest absolute Gasteiger partial charge is 0.481 e.